The Balaban J connectivity index is 1.30. The molecule has 4 aromatic carbocycles. The average molecular weight is 751 g/mol. The first-order chi connectivity index (χ1) is 27.0. The van der Waals surface area contributed by atoms with Crippen LogP contribution >= 0.6 is 11.3 Å². The van der Waals surface area contributed by atoms with Gasteiger partial charge in [-0.15, -0.1) is 11.3 Å². The minimum Gasteiger partial charge on any atom is -0.454 e. The molecule has 0 aliphatic carbocycles. The van der Waals surface area contributed by atoms with Crippen LogP contribution in [0.25, 0.3) is 71.4 Å². The summed E-state index contributed by atoms with van der Waals surface area (Å²) in [7, 11) is 0. The fourth-order valence-corrected chi connectivity index (χ4v) is 11.3. The lowest BCUT2D eigenvalue weighted by Gasteiger charge is -2.31. The van der Waals surface area contributed by atoms with Gasteiger partial charge in [-0.25, -0.2) is 0 Å². The molecule has 6 heterocycles. The first kappa shape index (κ1) is 35.1. The molecule has 278 valence electrons. The first-order valence-corrected chi connectivity index (χ1v) is 21.1. The summed E-state index contributed by atoms with van der Waals surface area (Å²) >= 11 is 1.86. The molecule has 4 aromatic heterocycles. The van der Waals surface area contributed by atoms with Gasteiger partial charge in [0.1, 0.15) is 5.58 Å². The third kappa shape index (κ3) is 5.44. The van der Waals surface area contributed by atoms with Crippen molar-refractivity contribution in [3.63, 3.8) is 0 Å². The van der Waals surface area contributed by atoms with E-state index in [1.165, 1.54) is 87.1 Å². The van der Waals surface area contributed by atoms with Crippen LogP contribution in [0.4, 0.5) is 0 Å². The third-order valence-corrected chi connectivity index (χ3v) is 14.0. The van der Waals surface area contributed by atoms with E-state index in [1.54, 1.807) is 0 Å². The molecule has 0 spiro atoms. The number of pyridine rings is 2. The predicted molar refractivity (Wildman–Crippen MR) is 234 cm³/mol. The van der Waals surface area contributed by atoms with E-state index in [0.717, 1.165) is 48.2 Å². The van der Waals surface area contributed by atoms with Gasteiger partial charge in [0.2, 0.25) is 11.4 Å². The average Bonchev–Trinajstić information content (AvgIpc) is 3.70. The molecule has 8 aromatic rings. The summed E-state index contributed by atoms with van der Waals surface area (Å²) < 4.78 is 13.5. The number of aromatic nitrogens is 2. The van der Waals surface area contributed by atoms with Gasteiger partial charge >= 0.3 is 0 Å². The predicted octanol–water partition coefficient (Wildman–Crippen LogP) is 13.3. The minimum absolute atomic E-state index is 0.0800. The number of allylic oxidation sites excluding steroid dienone is 1. The van der Waals surface area contributed by atoms with E-state index in [0.29, 0.717) is 5.92 Å². The Kier molecular flexibility index (Phi) is 8.06. The molecule has 0 N–H and O–H groups in total. The normalized spacial score (nSPS) is 16.7. The molecule has 0 bridgehead atoms. The van der Waals surface area contributed by atoms with Crippen LogP contribution in [-0.2, 0) is 12.8 Å². The van der Waals surface area contributed by atoms with Crippen molar-refractivity contribution >= 4 is 49.1 Å². The largest absolute Gasteiger partial charge is 0.454 e. The summed E-state index contributed by atoms with van der Waals surface area (Å²) in [5.74, 6) is 0.323. The molecule has 0 radical (unpaired) electrons. The summed E-state index contributed by atoms with van der Waals surface area (Å²) in [6, 6.07) is 34.5. The maximum Gasteiger partial charge on any atom is 0.222 e. The van der Waals surface area contributed by atoms with Crippen LogP contribution in [0.2, 0.25) is 0 Å². The summed E-state index contributed by atoms with van der Waals surface area (Å²) in [4.78, 5) is 1.35. The lowest BCUT2D eigenvalue weighted by molar-refractivity contribution is -0.720. The quantitative estimate of drug-likeness (QED) is 0.161. The van der Waals surface area contributed by atoms with Crippen molar-refractivity contribution in [3.05, 3.63) is 148 Å². The van der Waals surface area contributed by atoms with Crippen LogP contribution in [-0.4, -0.2) is 0 Å². The molecule has 0 fully saturated rings. The van der Waals surface area contributed by atoms with Gasteiger partial charge in [-0.2, -0.15) is 9.13 Å². The lowest BCUT2D eigenvalue weighted by atomic mass is 9.77. The Morgan fingerprint density at radius 2 is 1.50 bits per heavy atom. The molecular weight excluding hydrogens is 701 g/mol. The first-order valence-electron chi connectivity index (χ1n) is 20.3. The van der Waals surface area contributed by atoms with Gasteiger partial charge in [-0.05, 0) is 121 Å². The van der Waals surface area contributed by atoms with Crippen molar-refractivity contribution in [2.45, 2.75) is 86.1 Å². The number of aryl methyl sites for hydroxylation is 5. The number of rotatable bonds is 2. The zero-order valence-corrected chi connectivity index (χ0v) is 34.5. The molecule has 2 aliphatic heterocycles. The molecule has 10 rings (SSSR count). The Hall–Kier alpha value is -5.32. The van der Waals surface area contributed by atoms with Gasteiger partial charge in [-0.3, -0.25) is 0 Å². The lowest BCUT2D eigenvalue weighted by Crippen LogP contribution is -2.49. The highest BCUT2D eigenvalue weighted by Gasteiger charge is 2.43. The minimum atomic E-state index is 0.0800. The van der Waals surface area contributed by atoms with E-state index in [4.69, 9.17) is 11.0 Å². The van der Waals surface area contributed by atoms with Gasteiger partial charge in [0.15, 0.2) is 29.7 Å². The maximum atomic E-state index is 7.27. The fraction of sp³-hybridized carbons (Fsp3) is 0.269. The van der Waals surface area contributed by atoms with Crippen molar-refractivity contribution in [2.75, 3.05) is 0 Å². The standard InChI is InChI=1S/C52H50N2OS/c1-30-14-13-15-31(2)47(30)43-27-46-48-35(20-22-41-42-24-23-37-33(4)34(5)56-51(37)50(42)55-49(41)48)19-21-40-38-16-9-10-17-39(38)44-18-11-12-25-53(44)45(40)26-32(3)54(46)29-36(43)28-52(6,7)8/h9-18,20,22-25,27,29,40,45H,3,19,21,26,28H2,1-2,4-8H3/q+2. The Labute approximate surface area is 334 Å². The van der Waals surface area contributed by atoms with Crippen LogP contribution in [0.15, 0.2) is 114 Å². The van der Waals surface area contributed by atoms with Gasteiger partial charge in [-0.1, -0.05) is 75.4 Å². The molecule has 4 heteroatoms. The Morgan fingerprint density at radius 1 is 0.768 bits per heavy atom. The van der Waals surface area contributed by atoms with Gasteiger partial charge in [0, 0.05) is 50.9 Å². The van der Waals surface area contributed by atoms with E-state index >= 15 is 0 Å². The highest BCUT2D eigenvalue weighted by Crippen LogP contribution is 2.48. The van der Waals surface area contributed by atoms with E-state index < -0.39 is 0 Å². The van der Waals surface area contributed by atoms with Gasteiger partial charge in [0.05, 0.1) is 16.7 Å². The zero-order valence-electron chi connectivity index (χ0n) is 33.7. The number of hydrogen-bond donors (Lipinski definition) is 0. The fourth-order valence-electron chi connectivity index (χ4n) is 10.1. The monoisotopic (exact) mass is 750 g/mol. The molecule has 56 heavy (non-hydrogen) atoms. The number of benzene rings is 4. The van der Waals surface area contributed by atoms with Crippen LogP contribution in [0, 0.1) is 33.1 Å². The summed E-state index contributed by atoms with van der Waals surface area (Å²) in [6.45, 7) is 21.0. The number of thiophene rings is 1. The van der Waals surface area contributed by atoms with Crippen LogP contribution in [0.3, 0.4) is 0 Å². The molecule has 3 nitrogen and oxygen atoms in total. The molecular formula is C52H50N2OS+2. The maximum absolute atomic E-state index is 7.27. The molecule has 0 saturated heterocycles. The smallest absolute Gasteiger partial charge is 0.222 e. The van der Waals surface area contributed by atoms with Crippen molar-refractivity contribution in [3.8, 4) is 33.6 Å². The van der Waals surface area contributed by atoms with Crippen molar-refractivity contribution in [1.29, 1.82) is 0 Å². The van der Waals surface area contributed by atoms with E-state index in [2.05, 4.69) is 161 Å². The van der Waals surface area contributed by atoms with Gasteiger partial charge in [0.25, 0.3) is 0 Å². The highest BCUT2D eigenvalue weighted by atomic mass is 32.1. The second-order valence-electron chi connectivity index (χ2n) is 17.7. The summed E-state index contributed by atoms with van der Waals surface area (Å²) in [5.41, 5.74) is 18.8. The van der Waals surface area contributed by atoms with Gasteiger partial charge < -0.3 is 4.42 Å². The molecule has 0 amide bonds. The van der Waals surface area contributed by atoms with E-state index in [-0.39, 0.29) is 11.5 Å². The van der Waals surface area contributed by atoms with Crippen molar-refractivity contribution < 1.29 is 13.6 Å². The summed E-state index contributed by atoms with van der Waals surface area (Å²) in [5, 5.41) is 3.66. The molecule has 2 aliphatic rings. The SMILES string of the molecule is C=C1CC2C(CCc3ccc4c(oc5c4ccc4c(C)c(C)sc45)c3-c3cc(-c4c(C)cccc4C)c(CC(C)(C)C)c[n+]31)c1ccccc1-c1cccc[n+]12. The number of fused-ring (bicyclic) bond motifs is 15. The Bertz CT molecular complexity index is 2910. The third-order valence-electron chi connectivity index (χ3n) is 12.8. The van der Waals surface area contributed by atoms with E-state index in [9.17, 15) is 0 Å². The Morgan fingerprint density at radius 3 is 2.30 bits per heavy atom. The second kappa shape index (κ2) is 12.9. The van der Waals surface area contributed by atoms with E-state index in [1.807, 2.05) is 11.3 Å². The second-order valence-corrected chi connectivity index (χ2v) is 18.9. The van der Waals surface area contributed by atoms with Crippen LogP contribution < -0.4 is 9.13 Å². The number of hydrogen-bond acceptors (Lipinski definition) is 2. The molecule has 2 unspecified atom stereocenters. The van der Waals surface area contributed by atoms with Crippen LogP contribution in [0.5, 0.6) is 0 Å². The zero-order chi connectivity index (χ0) is 38.6. The van der Waals surface area contributed by atoms with Crippen LogP contribution in [0.1, 0.15) is 83.8 Å². The number of nitrogens with zero attached hydrogens (tertiary/aromatic N) is 2. The highest BCUT2D eigenvalue weighted by molar-refractivity contribution is 7.20. The van der Waals surface area contributed by atoms with Crippen molar-refractivity contribution in [1.82, 2.24) is 0 Å². The number of furan rings is 1. The van der Waals surface area contributed by atoms with Crippen molar-refractivity contribution in [2.24, 2.45) is 5.41 Å². The topological polar surface area (TPSA) is 20.9 Å². The summed E-state index contributed by atoms with van der Waals surface area (Å²) in [6.07, 6.45) is 8.47. The molecule has 0 saturated carbocycles. The molecule has 2 atom stereocenters.